The number of aromatic nitrogens is 2. The van der Waals surface area contributed by atoms with Gasteiger partial charge < -0.3 is 11.5 Å². The maximum Gasteiger partial charge on any atom is 0.261 e. The molecule has 6 heteroatoms. The van der Waals surface area contributed by atoms with E-state index in [4.69, 9.17) is 11.5 Å². The number of nitrogen functional groups attached to an aromatic ring is 2. The van der Waals surface area contributed by atoms with Gasteiger partial charge >= 0.3 is 0 Å². The number of thiophene rings is 1. The summed E-state index contributed by atoms with van der Waals surface area (Å²) >= 11 is 1.28. The summed E-state index contributed by atoms with van der Waals surface area (Å²) in [5, 5.41) is 2.67. The largest absolute Gasteiger partial charge is 0.389 e. The third-order valence-electron chi connectivity index (χ3n) is 1.51. The lowest BCUT2D eigenvalue weighted by Crippen LogP contribution is -2.10. The minimum absolute atomic E-state index is 0.0950. The molecule has 0 unspecified atom stereocenters. The van der Waals surface area contributed by atoms with Crippen LogP contribution in [0.3, 0.4) is 0 Å². The molecule has 5 nitrogen and oxygen atoms in total. The fourth-order valence-electron chi connectivity index (χ4n) is 0.975. The summed E-state index contributed by atoms with van der Waals surface area (Å²) in [5.41, 5.74) is 11.1. The van der Waals surface area contributed by atoms with E-state index in [1.165, 1.54) is 11.3 Å². The average molecular weight is 212 g/mol. The number of hydrogen-bond donors (Lipinski definition) is 3. The van der Waals surface area contributed by atoms with Crippen molar-refractivity contribution in [3.8, 4) is 0 Å². The smallest absolute Gasteiger partial charge is 0.261 e. The summed E-state index contributed by atoms with van der Waals surface area (Å²) in [4.78, 5) is 17.5. The second kappa shape index (κ2) is 4.10. The lowest BCUT2D eigenvalue weighted by atomic mass is 10.4. The second-order valence-corrected chi connectivity index (χ2v) is 3.22. The number of rotatable bonds is 0. The van der Waals surface area contributed by atoms with Crippen molar-refractivity contribution in [2.45, 2.75) is 13.8 Å². The van der Waals surface area contributed by atoms with Gasteiger partial charge in [0.2, 0.25) is 5.95 Å². The predicted molar refractivity (Wildman–Crippen MR) is 60.4 cm³/mol. The van der Waals surface area contributed by atoms with Crippen molar-refractivity contribution in [3.63, 3.8) is 0 Å². The molecule has 2 rings (SSSR count). The van der Waals surface area contributed by atoms with E-state index in [1.54, 1.807) is 5.38 Å². The number of nitrogens with two attached hydrogens (primary N) is 2. The SMILES string of the molecule is CC.Nc1nc2c(N)scc2c(=O)[nH]1. The van der Waals surface area contributed by atoms with Crippen LogP contribution in [-0.4, -0.2) is 9.97 Å². The van der Waals surface area contributed by atoms with Crippen molar-refractivity contribution in [1.82, 2.24) is 9.97 Å². The molecule has 0 spiro atoms. The highest BCUT2D eigenvalue weighted by molar-refractivity contribution is 7.15. The Morgan fingerprint density at radius 3 is 2.71 bits per heavy atom. The number of anilines is 2. The molecule has 0 saturated heterocycles. The van der Waals surface area contributed by atoms with Crippen molar-refractivity contribution in [3.05, 3.63) is 15.7 Å². The molecular weight excluding hydrogens is 200 g/mol. The summed E-state index contributed by atoms with van der Waals surface area (Å²) in [6, 6.07) is 0. The molecule has 0 aliphatic carbocycles. The molecule has 0 aliphatic heterocycles. The van der Waals surface area contributed by atoms with Crippen LogP contribution in [0.2, 0.25) is 0 Å². The fraction of sp³-hybridized carbons (Fsp3) is 0.250. The van der Waals surface area contributed by atoms with E-state index in [9.17, 15) is 4.79 Å². The minimum atomic E-state index is -0.245. The average Bonchev–Trinajstić information content (AvgIpc) is 2.52. The first-order chi connectivity index (χ1) is 6.68. The molecule has 14 heavy (non-hydrogen) atoms. The van der Waals surface area contributed by atoms with Gasteiger partial charge in [-0.15, -0.1) is 11.3 Å². The number of aromatic amines is 1. The Hall–Kier alpha value is -1.56. The highest BCUT2D eigenvalue weighted by atomic mass is 32.1. The first kappa shape index (κ1) is 10.5. The lowest BCUT2D eigenvalue weighted by molar-refractivity contribution is 1.19. The van der Waals surface area contributed by atoms with Crippen LogP contribution < -0.4 is 17.0 Å². The van der Waals surface area contributed by atoms with Crippen molar-refractivity contribution in [2.75, 3.05) is 11.5 Å². The molecule has 2 heterocycles. The Labute approximate surface area is 84.8 Å². The van der Waals surface area contributed by atoms with Gasteiger partial charge in [-0.3, -0.25) is 9.78 Å². The molecule has 0 saturated carbocycles. The second-order valence-electron chi connectivity index (χ2n) is 2.31. The Bertz CT molecular complexity index is 488. The predicted octanol–water partition coefficient (Wildman–Crippen LogP) is 1.18. The Kier molecular flexibility index (Phi) is 3.08. The summed E-state index contributed by atoms with van der Waals surface area (Å²) in [6.07, 6.45) is 0. The Morgan fingerprint density at radius 2 is 2.07 bits per heavy atom. The van der Waals surface area contributed by atoms with Crippen LogP contribution in [0.5, 0.6) is 0 Å². The van der Waals surface area contributed by atoms with Crippen molar-refractivity contribution in [1.29, 1.82) is 0 Å². The molecule has 0 fully saturated rings. The minimum Gasteiger partial charge on any atom is -0.389 e. The van der Waals surface area contributed by atoms with E-state index in [0.29, 0.717) is 15.9 Å². The zero-order valence-electron chi connectivity index (χ0n) is 8.00. The van der Waals surface area contributed by atoms with E-state index in [2.05, 4.69) is 9.97 Å². The topological polar surface area (TPSA) is 97.8 Å². The molecular formula is C8H12N4OS. The number of fused-ring (bicyclic) bond motifs is 1. The van der Waals surface area contributed by atoms with Gasteiger partial charge in [0, 0.05) is 5.38 Å². The number of nitrogens with zero attached hydrogens (tertiary/aromatic N) is 1. The van der Waals surface area contributed by atoms with Gasteiger partial charge in [0.25, 0.3) is 5.56 Å². The maximum atomic E-state index is 11.2. The van der Waals surface area contributed by atoms with Crippen LogP contribution in [0.4, 0.5) is 10.9 Å². The summed E-state index contributed by atoms with van der Waals surface area (Å²) in [7, 11) is 0. The Morgan fingerprint density at radius 1 is 1.43 bits per heavy atom. The molecule has 76 valence electrons. The lowest BCUT2D eigenvalue weighted by Gasteiger charge is -1.92. The van der Waals surface area contributed by atoms with Crippen molar-refractivity contribution >= 4 is 33.2 Å². The van der Waals surface area contributed by atoms with E-state index in [0.717, 1.165) is 0 Å². The highest BCUT2D eigenvalue weighted by Crippen LogP contribution is 2.23. The van der Waals surface area contributed by atoms with Crippen LogP contribution in [0.25, 0.3) is 10.9 Å². The van der Waals surface area contributed by atoms with Crippen molar-refractivity contribution in [2.24, 2.45) is 0 Å². The van der Waals surface area contributed by atoms with Crippen LogP contribution in [-0.2, 0) is 0 Å². The molecule has 5 N–H and O–H groups in total. The summed E-state index contributed by atoms with van der Waals surface area (Å²) in [6.45, 7) is 4.00. The standard InChI is InChI=1S/C6H6N4OS.C2H6/c7-4-3-2(1-12-4)5(11)10-6(8)9-3;1-2/h1H,7H2,(H3,8,9,10,11);1-2H3. The Balaban J connectivity index is 0.000000461. The van der Waals surface area contributed by atoms with E-state index < -0.39 is 0 Å². The first-order valence-electron chi connectivity index (χ1n) is 4.21. The molecule has 2 aromatic rings. The van der Waals surface area contributed by atoms with E-state index in [1.807, 2.05) is 13.8 Å². The molecule has 0 aliphatic rings. The van der Waals surface area contributed by atoms with Crippen LogP contribution >= 0.6 is 11.3 Å². The monoisotopic (exact) mass is 212 g/mol. The number of H-pyrrole nitrogens is 1. The third-order valence-corrected chi connectivity index (χ3v) is 2.31. The zero-order valence-corrected chi connectivity index (χ0v) is 8.81. The third kappa shape index (κ3) is 1.69. The van der Waals surface area contributed by atoms with Gasteiger partial charge in [0.15, 0.2) is 0 Å². The molecule has 0 radical (unpaired) electrons. The molecule has 0 amide bonds. The van der Waals surface area contributed by atoms with Gasteiger partial charge in [0.1, 0.15) is 10.5 Å². The molecule has 0 aromatic carbocycles. The van der Waals surface area contributed by atoms with Gasteiger partial charge in [-0.1, -0.05) is 13.8 Å². The van der Waals surface area contributed by atoms with Gasteiger partial charge in [0.05, 0.1) is 5.39 Å². The van der Waals surface area contributed by atoms with Crippen LogP contribution in [0.15, 0.2) is 10.2 Å². The van der Waals surface area contributed by atoms with E-state index >= 15 is 0 Å². The highest BCUT2D eigenvalue weighted by Gasteiger charge is 2.06. The molecule has 0 atom stereocenters. The maximum absolute atomic E-state index is 11.2. The van der Waals surface area contributed by atoms with Gasteiger partial charge in [-0.2, -0.15) is 0 Å². The fourth-order valence-corrected chi connectivity index (χ4v) is 1.71. The summed E-state index contributed by atoms with van der Waals surface area (Å²) in [5.74, 6) is 0.0950. The van der Waals surface area contributed by atoms with Gasteiger partial charge in [-0.25, -0.2) is 4.98 Å². The number of hydrogen-bond acceptors (Lipinski definition) is 5. The quantitative estimate of drug-likeness (QED) is 0.610. The first-order valence-corrected chi connectivity index (χ1v) is 5.09. The number of nitrogens with one attached hydrogen (secondary N) is 1. The molecule has 2 aromatic heterocycles. The zero-order chi connectivity index (χ0) is 10.7. The van der Waals surface area contributed by atoms with Crippen LogP contribution in [0, 0.1) is 0 Å². The normalized spacial score (nSPS) is 9.57. The van der Waals surface area contributed by atoms with Gasteiger partial charge in [-0.05, 0) is 0 Å². The summed E-state index contributed by atoms with van der Waals surface area (Å²) < 4.78 is 0. The molecule has 0 bridgehead atoms. The van der Waals surface area contributed by atoms with Crippen LogP contribution in [0.1, 0.15) is 13.8 Å². The van der Waals surface area contributed by atoms with Crippen molar-refractivity contribution < 1.29 is 0 Å². The van der Waals surface area contributed by atoms with E-state index in [-0.39, 0.29) is 11.5 Å².